The fourth-order valence-corrected chi connectivity index (χ4v) is 2.99. The van der Waals surface area contributed by atoms with Crippen LogP contribution in [0.2, 0.25) is 0 Å². The summed E-state index contributed by atoms with van der Waals surface area (Å²) in [5, 5.41) is 3.01. The predicted molar refractivity (Wildman–Crippen MR) is 81.6 cm³/mol. The standard InChI is InChI=1S/C15H21N5O2/c21-11-19-5-7-20(8-6-19)14-10-16-13(9-17-14)15(22)18-12-3-1-2-4-12/h9-12H,1-8H2,(H,18,22). The van der Waals surface area contributed by atoms with E-state index in [0.717, 1.165) is 38.2 Å². The molecule has 1 saturated carbocycles. The first kappa shape index (κ1) is 14.7. The second-order valence-electron chi connectivity index (χ2n) is 5.84. The molecule has 3 rings (SSSR count). The Morgan fingerprint density at radius 1 is 1.14 bits per heavy atom. The molecule has 1 aliphatic heterocycles. The normalized spacial score (nSPS) is 19.3. The molecule has 0 bridgehead atoms. The minimum atomic E-state index is -0.142. The SMILES string of the molecule is O=CN1CCN(c2cnc(C(=O)NC3CCCC3)cn2)CC1. The Morgan fingerprint density at radius 3 is 2.45 bits per heavy atom. The van der Waals surface area contributed by atoms with Gasteiger partial charge in [-0.1, -0.05) is 12.8 Å². The highest BCUT2D eigenvalue weighted by Gasteiger charge is 2.20. The number of piperazine rings is 1. The highest BCUT2D eigenvalue weighted by atomic mass is 16.2. The highest BCUT2D eigenvalue weighted by Crippen LogP contribution is 2.18. The van der Waals surface area contributed by atoms with Gasteiger partial charge in [0.2, 0.25) is 6.41 Å². The monoisotopic (exact) mass is 303 g/mol. The lowest BCUT2D eigenvalue weighted by atomic mass is 10.2. The van der Waals surface area contributed by atoms with Gasteiger partial charge in [0.1, 0.15) is 11.5 Å². The molecular weight excluding hydrogens is 282 g/mol. The molecule has 0 atom stereocenters. The van der Waals surface area contributed by atoms with Gasteiger partial charge in [-0.2, -0.15) is 0 Å². The van der Waals surface area contributed by atoms with E-state index in [4.69, 9.17) is 0 Å². The maximum atomic E-state index is 12.1. The first-order valence-electron chi connectivity index (χ1n) is 7.83. The minimum Gasteiger partial charge on any atom is -0.352 e. The average Bonchev–Trinajstić information content (AvgIpc) is 3.08. The van der Waals surface area contributed by atoms with Crippen LogP contribution in [0.3, 0.4) is 0 Å². The molecule has 2 fully saturated rings. The maximum Gasteiger partial charge on any atom is 0.271 e. The Kier molecular flexibility index (Phi) is 4.50. The Bertz CT molecular complexity index is 519. The largest absolute Gasteiger partial charge is 0.352 e. The molecule has 22 heavy (non-hydrogen) atoms. The zero-order chi connectivity index (χ0) is 15.4. The summed E-state index contributed by atoms with van der Waals surface area (Å²) >= 11 is 0. The molecule has 7 nitrogen and oxygen atoms in total. The van der Waals surface area contributed by atoms with Crippen LogP contribution in [-0.4, -0.2) is 59.4 Å². The van der Waals surface area contributed by atoms with Gasteiger partial charge in [0.15, 0.2) is 0 Å². The van der Waals surface area contributed by atoms with Crippen LogP contribution >= 0.6 is 0 Å². The summed E-state index contributed by atoms with van der Waals surface area (Å²) < 4.78 is 0. The maximum absolute atomic E-state index is 12.1. The van der Waals surface area contributed by atoms with Crippen molar-refractivity contribution in [3.8, 4) is 0 Å². The van der Waals surface area contributed by atoms with E-state index in [2.05, 4.69) is 20.2 Å². The van der Waals surface area contributed by atoms with Gasteiger partial charge in [0.05, 0.1) is 12.4 Å². The average molecular weight is 303 g/mol. The Balaban J connectivity index is 1.57. The molecule has 0 radical (unpaired) electrons. The summed E-state index contributed by atoms with van der Waals surface area (Å²) in [6.45, 7) is 2.85. The van der Waals surface area contributed by atoms with Crippen LogP contribution in [0.1, 0.15) is 36.2 Å². The van der Waals surface area contributed by atoms with E-state index >= 15 is 0 Å². The van der Waals surface area contributed by atoms with Gasteiger partial charge in [0, 0.05) is 32.2 Å². The molecule has 1 aromatic rings. The van der Waals surface area contributed by atoms with E-state index in [1.54, 1.807) is 11.1 Å². The van der Waals surface area contributed by atoms with Gasteiger partial charge < -0.3 is 15.1 Å². The number of hydrogen-bond donors (Lipinski definition) is 1. The molecule has 2 aliphatic rings. The zero-order valence-electron chi connectivity index (χ0n) is 12.6. The van der Waals surface area contributed by atoms with E-state index < -0.39 is 0 Å². The van der Waals surface area contributed by atoms with Crippen molar-refractivity contribution in [2.45, 2.75) is 31.7 Å². The smallest absolute Gasteiger partial charge is 0.271 e. The molecule has 118 valence electrons. The summed E-state index contributed by atoms with van der Waals surface area (Å²) in [6.07, 6.45) is 8.52. The van der Waals surface area contributed by atoms with E-state index in [9.17, 15) is 9.59 Å². The van der Waals surface area contributed by atoms with E-state index in [1.165, 1.54) is 19.0 Å². The second kappa shape index (κ2) is 6.72. The number of rotatable bonds is 4. The Morgan fingerprint density at radius 2 is 1.86 bits per heavy atom. The van der Waals surface area contributed by atoms with Gasteiger partial charge >= 0.3 is 0 Å². The van der Waals surface area contributed by atoms with Crippen LogP contribution in [0.4, 0.5) is 5.82 Å². The second-order valence-corrected chi connectivity index (χ2v) is 5.84. The zero-order valence-corrected chi connectivity index (χ0v) is 12.6. The first-order chi connectivity index (χ1) is 10.8. The van der Waals surface area contributed by atoms with Gasteiger partial charge in [-0.15, -0.1) is 0 Å². The van der Waals surface area contributed by atoms with Crippen molar-refractivity contribution in [3.05, 3.63) is 18.1 Å². The summed E-state index contributed by atoms with van der Waals surface area (Å²) in [5.41, 5.74) is 0.363. The van der Waals surface area contributed by atoms with Crippen LogP contribution in [0.25, 0.3) is 0 Å². The lowest BCUT2D eigenvalue weighted by Gasteiger charge is -2.33. The number of carbonyl (C=O) groups is 2. The summed E-state index contributed by atoms with van der Waals surface area (Å²) in [5.74, 6) is 0.611. The van der Waals surface area contributed by atoms with Gasteiger partial charge in [-0.25, -0.2) is 9.97 Å². The van der Waals surface area contributed by atoms with Gasteiger partial charge in [-0.3, -0.25) is 9.59 Å². The third-order valence-electron chi connectivity index (χ3n) is 4.35. The Labute approximate surface area is 129 Å². The Hall–Kier alpha value is -2.18. The summed E-state index contributed by atoms with van der Waals surface area (Å²) in [4.78, 5) is 35.2. The fraction of sp³-hybridized carbons (Fsp3) is 0.600. The van der Waals surface area contributed by atoms with Crippen LogP contribution in [0, 0.1) is 0 Å². The number of amides is 2. The number of nitrogens with one attached hydrogen (secondary N) is 1. The van der Waals surface area contributed by atoms with Crippen molar-refractivity contribution in [3.63, 3.8) is 0 Å². The van der Waals surface area contributed by atoms with E-state index in [1.807, 2.05) is 0 Å². The first-order valence-corrected chi connectivity index (χ1v) is 7.83. The van der Waals surface area contributed by atoms with Crippen LogP contribution in [0.5, 0.6) is 0 Å². The number of anilines is 1. The third-order valence-corrected chi connectivity index (χ3v) is 4.35. The summed E-state index contributed by atoms with van der Waals surface area (Å²) in [6, 6.07) is 0.283. The van der Waals surface area contributed by atoms with E-state index in [0.29, 0.717) is 18.8 Å². The lowest BCUT2D eigenvalue weighted by Crippen LogP contribution is -2.46. The molecule has 1 aromatic heterocycles. The topological polar surface area (TPSA) is 78.4 Å². The van der Waals surface area contributed by atoms with Crippen molar-refractivity contribution in [2.24, 2.45) is 0 Å². The van der Waals surface area contributed by atoms with Crippen LogP contribution in [-0.2, 0) is 4.79 Å². The quantitative estimate of drug-likeness (QED) is 0.816. The molecule has 0 unspecified atom stereocenters. The summed E-state index contributed by atoms with van der Waals surface area (Å²) in [7, 11) is 0. The van der Waals surface area contributed by atoms with Crippen molar-refractivity contribution >= 4 is 18.1 Å². The third kappa shape index (κ3) is 3.35. The fourth-order valence-electron chi connectivity index (χ4n) is 2.99. The molecule has 1 aliphatic carbocycles. The number of aromatic nitrogens is 2. The molecule has 1 saturated heterocycles. The lowest BCUT2D eigenvalue weighted by molar-refractivity contribution is -0.118. The van der Waals surface area contributed by atoms with Crippen LogP contribution in [0.15, 0.2) is 12.4 Å². The van der Waals surface area contributed by atoms with Crippen molar-refractivity contribution < 1.29 is 9.59 Å². The molecule has 2 heterocycles. The molecule has 2 amide bonds. The number of hydrogen-bond acceptors (Lipinski definition) is 5. The van der Waals surface area contributed by atoms with Crippen molar-refractivity contribution in [2.75, 3.05) is 31.1 Å². The van der Waals surface area contributed by atoms with Crippen LogP contribution < -0.4 is 10.2 Å². The molecular formula is C15H21N5O2. The predicted octanol–water partition coefficient (Wildman–Crippen LogP) is 0.427. The van der Waals surface area contributed by atoms with E-state index in [-0.39, 0.29) is 11.9 Å². The molecule has 0 aromatic carbocycles. The molecule has 0 spiro atoms. The highest BCUT2D eigenvalue weighted by molar-refractivity contribution is 5.92. The van der Waals surface area contributed by atoms with Crippen molar-refractivity contribution in [1.82, 2.24) is 20.2 Å². The molecule has 7 heteroatoms. The minimum absolute atomic E-state index is 0.142. The van der Waals surface area contributed by atoms with Gasteiger partial charge in [0.25, 0.3) is 5.91 Å². The van der Waals surface area contributed by atoms with Gasteiger partial charge in [-0.05, 0) is 12.8 Å². The van der Waals surface area contributed by atoms with Crippen molar-refractivity contribution in [1.29, 1.82) is 0 Å². The molecule has 1 N–H and O–H groups in total. The number of nitrogens with zero attached hydrogens (tertiary/aromatic N) is 4. The number of carbonyl (C=O) groups excluding carboxylic acids is 2.